The highest BCUT2D eigenvalue weighted by Gasteiger charge is 2.35. The Hall–Kier alpha value is -0.880. The van der Waals surface area contributed by atoms with Crippen LogP contribution in [0.5, 0.6) is 0 Å². The van der Waals surface area contributed by atoms with Crippen LogP contribution in [0.1, 0.15) is 11.1 Å². The van der Waals surface area contributed by atoms with Crippen molar-refractivity contribution in [2.75, 3.05) is 0 Å². The quantitative estimate of drug-likeness (QED) is 0.685. The Balaban J connectivity index is 3.45. The Kier molecular flexibility index (Phi) is 2.96. The van der Waals surface area contributed by atoms with Crippen molar-refractivity contribution in [3.05, 3.63) is 29.3 Å². The van der Waals surface area contributed by atoms with Gasteiger partial charge in [-0.25, -0.2) is 0 Å². The highest BCUT2D eigenvalue weighted by molar-refractivity contribution is 7.79. The van der Waals surface area contributed by atoms with Crippen molar-refractivity contribution >= 4 is 11.1 Å². The molecular formula is C8H6F3O2S-. The number of alkyl halides is 3. The fourth-order valence-electron chi connectivity index (χ4n) is 1.14. The van der Waals surface area contributed by atoms with Crippen LogP contribution in [0, 0.1) is 6.92 Å². The van der Waals surface area contributed by atoms with Gasteiger partial charge >= 0.3 is 6.18 Å². The van der Waals surface area contributed by atoms with Crippen LogP contribution in [0.15, 0.2) is 23.1 Å². The molecule has 0 amide bonds. The van der Waals surface area contributed by atoms with Crippen LogP contribution < -0.4 is 0 Å². The maximum atomic E-state index is 12.4. The SMILES string of the molecule is Cc1cccc(S(=O)[O-])c1C(F)(F)F. The van der Waals surface area contributed by atoms with Crippen molar-refractivity contribution in [1.29, 1.82) is 0 Å². The van der Waals surface area contributed by atoms with Crippen molar-refractivity contribution in [2.45, 2.75) is 18.0 Å². The largest absolute Gasteiger partial charge is 0.768 e. The molecule has 0 bridgehead atoms. The molecule has 1 atom stereocenters. The third kappa shape index (κ3) is 2.13. The molecule has 1 aromatic carbocycles. The number of hydrogen-bond donors (Lipinski definition) is 0. The van der Waals surface area contributed by atoms with Gasteiger partial charge in [-0.3, -0.25) is 4.21 Å². The summed E-state index contributed by atoms with van der Waals surface area (Å²) in [5, 5.41) is 0. The number of rotatable bonds is 1. The van der Waals surface area contributed by atoms with Crippen molar-refractivity contribution in [3.63, 3.8) is 0 Å². The van der Waals surface area contributed by atoms with Crippen LogP contribution in [-0.4, -0.2) is 8.76 Å². The number of benzene rings is 1. The maximum absolute atomic E-state index is 12.4. The van der Waals surface area contributed by atoms with Gasteiger partial charge in [-0.05, 0) is 29.6 Å². The van der Waals surface area contributed by atoms with E-state index in [2.05, 4.69) is 0 Å². The molecule has 0 heterocycles. The molecule has 0 radical (unpaired) electrons. The van der Waals surface area contributed by atoms with Crippen LogP contribution in [0.3, 0.4) is 0 Å². The molecule has 0 aliphatic heterocycles. The Morgan fingerprint density at radius 3 is 2.29 bits per heavy atom. The normalized spacial score (nSPS) is 14.1. The minimum atomic E-state index is -4.64. The molecule has 0 aliphatic rings. The second kappa shape index (κ2) is 3.70. The zero-order valence-electron chi connectivity index (χ0n) is 7.09. The van der Waals surface area contributed by atoms with E-state index >= 15 is 0 Å². The summed E-state index contributed by atoms with van der Waals surface area (Å²) >= 11 is -2.87. The maximum Gasteiger partial charge on any atom is 0.417 e. The minimum Gasteiger partial charge on any atom is -0.768 e. The van der Waals surface area contributed by atoms with E-state index in [1.54, 1.807) is 0 Å². The monoisotopic (exact) mass is 223 g/mol. The third-order valence-corrected chi connectivity index (χ3v) is 2.40. The van der Waals surface area contributed by atoms with Gasteiger partial charge < -0.3 is 4.55 Å². The molecule has 1 unspecified atom stereocenters. The lowest BCUT2D eigenvalue weighted by atomic mass is 10.1. The first-order valence-corrected chi connectivity index (χ1v) is 4.67. The predicted octanol–water partition coefficient (Wildman–Crippen LogP) is 2.25. The van der Waals surface area contributed by atoms with Gasteiger partial charge in [-0.15, -0.1) is 0 Å². The zero-order chi connectivity index (χ0) is 10.9. The summed E-state index contributed by atoms with van der Waals surface area (Å²) in [4.78, 5) is -0.711. The third-order valence-electron chi connectivity index (χ3n) is 1.70. The van der Waals surface area contributed by atoms with E-state index in [0.29, 0.717) is 0 Å². The highest BCUT2D eigenvalue weighted by Crippen LogP contribution is 2.35. The molecule has 0 N–H and O–H groups in total. The molecule has 2 nitrogen and oxygen atoms in total. The van der Waals surface area contributed by atoms with Gasteiger partial charge in [0, 0.05) is 4.90 Å². The predicted molar refractivity (Wildman–Crippen MR) is 43.4 cm³/mol. The summed E-state index contributed by atoms with van der Waals surface area (Å²) in [6, 6.07) is 3.42. The summed E-state index contributed by atoms with van der Waals surface area (Å²) in [5.41, 5.74) is -1.19. The molecular weight excluding hydrogens is 217 g/mol. The second-order valence-electron chi connectivity index (χ2n) is 2.68. The number of hydrogen-bond acceptors (Lipinski definition) is 2. The fourth-order valence-corrected chi connectivity index (χ4v) is 1.78. The summed E-state index contributed by atoms with van der Waals surface area (Å²) in [6.07, 6.45) is -4.64. The van der Waals surface area contributed by atoms with E-state index < -0.39 is 27.7 Å². The average Bonchev–Trinajstić information content (AvgIpc) is 2.01. The number of aryl methyl sites for hydroxylation is 1. The Morgan fingerprint density at radius 2 is 1.93 bits per heavy atom. The van der Waals surface area contributed by atoms with E-state index in [4.69, 9.17) is 0 Å². The zero-order valence-corrected chi connectivity index (χ0v) is 7.91. The summed E-state index contributed by atoms with van der Waals surface area (Å²) in [6.45, 7) is 1.22. The topological polar surface area (TPSA) is 40.1 Å². The molecule has 0 aliphatic carbocycles. The van der Waals surface area contributed by atoms with Crippen LogP contribution >= 0.6 is 0 Å². The fraction of sp³-hybridized carbons (Fsp3) is 0.250. The molecule has 78 valence electrons. The van der Waals surface area contributed by atoms with Gasteiger partial charge in [0.05, 0.1) is 5.56 Å². The lowest BCUT2D eigenvalue weighted by molar-refractivity contribution is -0.140. The van der Waals surface area contributed by atoms with Gasteiger partial charge in [0.1, 0.15) is 0 Å². The Bertz CT molecular complexity index is 373. The molecule has 1 rings (SSSR count). The van der Waals surface area contributed by atoms with Crippen LogP contribution in [0.2, 0.25) is 0 Å². The molecule has 0 fully saturated rings. The molecule has 0 aromatic heterocycles. The van der Waals surface area contributed by atoms with Crippen LogP contribution in [0.25, 0.3) is 0 Å². The van der Waals surface area contributed by atoms with Crippen molar-refractivity contribution in [3.8, 4) is 0 Å². The first-order valence-electron chi connectivity index (χ1n) is 3.60. The van der Waals surface area contributed by atoms with Gasteiger partial charge in [0.2, 0.25) is 0 Å². The van der Waals surface area contributed by atoms with E-state index in [1.165, 1.54) is 19.1 Å². The van der Waals surface area contributed by atoms with Crippen LogP contribution in [-0.2, 0) is 17.3 Å². The number of halogens is 3. The smallest absolute Gasteiger partial charge is 0.417 e. The van der Waals surface area contributed by atoms with Crippen molar-refractivity contribution < 1.29 is 21.9 Å². The highest BCUT2D eigenvalue weighted by atomic mass is 32.2. The van der Waals surface area contributed by atoms with E-state index in [1.807, 2.05) is 0 Å². The second-order valence-corrected chi connectivity index (χ2v) is 3.59. The minimum absolute atomic E-state index is 0.0980. The lowest BCUT2D eigenvalue weighted by Gasteiger charge is -2.16. The lowest BCUT2D eigenvalue weighted by Crippen LogP contribution is -2.12. The molecule has 0 saturated carbocycles. The Morgan fingerprint density at radius 1 is 1.36 bits per heavy atom. The van der Waals surface area contributed by atoms with Gasteiger partial charge in [-0.1, -0.05) is 12.1 Å². The molecule has 1 aromatic rings. The van der Waals surface area contributed by atoms with Gasteiger partial charge in [0.25, 0.3) is 0 Å². The van der Waals surface area contributed by atoms with Crippen LogP contribution in [0.4, 0.5) is 13.2 Å². The Labute approximate surface area is 81.0 Å². The molecule has 6 heteroatoms. The van der Waals surface area contributed by atoms with Crippen molar-refractivity contribution in [2.24, 2.45) is 0 Å². The molecule has 0 spiro atoms. The molecule has 0 saturated heterocycles. The summed E-state index contributed by atoms with van der Waals surface area (Å²) < 4.78 is 58.2. The average molecular weight is 223 g/mol. The first kappa shape index (κ1) is 11.2. The first-order chi connectivity index (χ1) is 6.34. The standard InChI is InChI=1S/C8H7F3O2S/c1-5-3-2-4-6(14(12)13)7(5)8(9,10)11/h2-4H,1H3,(H,12,13)/p-1. The molecule has 14 heavy (non-hydrogen) atoms. The van der Waals surface area contributed by atoms with Gasteiger partial charge in [-0.2, -0.15) is 13.2 Å². The van der Waals surface area contributed by atoms with E-state index in [0.717, 1.165) is 6.07 Å². The summed E-state index contributed by atoms with van der Waals surface area (Å²) in [5.74, 6) is 0. The van der Waals surface area contributed by atoms with E-state index in [-0.39, 0.29) is 5.56 Å². The van der Waals surface area contributed by atoms with Gasteiger partial charge in [0.15, 0.2) is 0 Å². The van der Waals surface area contributed by atoms with Crippen molar-refractivity contribution in [1.82, 2.24) is 0 Å². The summed E-state index contributed by atoms with van der Waals surface area (Å²) in [7, 11) is 0. The van der Waals surface area contributed by atoms with E-state index in [9.17, 15) is 21.9 Å².